The van der Waals surface area contributed by atoms with Gasteiger partial charge in [-0.2, -0.15) is 0 Å². The molecule has 1 N–H and O–H groups in total. The van der Waals surface area contributed by atoms with Crippen LogP contribution in [0.5, 0.6) is 0 Å². The lowest BCUT2D eigenvalue weighted by Gasteiger charge is -2.54. The Hall–Kier alpha value is -3.25. The highest BCUT2D eigenvalue weighted by atomic mass is 16.7. The summed E-state index contributed by atoms with van der Waals surface area (Å²) in [6, 6.07) is 0. The maximum Gasteiger partial charge on any atom is 0.342 e. The van der Waals surface area contributed by atoms with Gasteiger partial charge in [-0.05, 0) is 26.8 Å². The highest BCUT2D eigenvalue weighted by Crippen LogP contribution is 2.65. The summed E-state index contributed by atoms with van der Waals surface area (Å²) in [6.07, 6.45) is -4.29. The molecule has 0 amide bonds. The van der Waals surface area contributed by atoms with E-state index in [1.54, 1.807) is 33.8 Å². The number of carbonyl (C=O) groups excluding carboxylic acids is 5. The zero-order valence-electron chi connectivity index (χ0n) is 23.8. The molecule has 10 atom stereocenters. The number of ether oxygens (including phenoxy) is 6. The molecule has 0 aromatic rings. The lowest BCUT2D eigenvalue weighted by molar-refractivity contribution is -0.224. The fourth-order valence-electron chi connectivity index (χ4n) is 7.01. The standard InChI is InChI=1S/C28H36O12/c1-12-9-19(35-14(3)29)23(37-16(5)31)26(7)21(13(2)11-18(33)22(26)36-15(4)30)24(38-17(6)32)28-20(10-12)39-25(34)27(28,8)40-28/h10-11,18-24,33H,9H2,1-8H3/b12-10-/t18-,19-,20+,21-,22+,23+,24-,26-,27+,28+/m1/s1. The van der Waals surface area contributed by atoms with Crippen molar-refractivity contribution in [2.75, 3.05) is 0 Å². The second-order valence-electron chi connectivity index (χ2n) is 11.5. The van der Waals surface area contributed by atoms with Gasteiger partial charge in [-0.15, -0.1) is 0 Å². The summed E-state index contributed by atoms with van der Waals surface area (Å²) in [6.45, 7) is 11.3. The van der Waals surface area contributed by atoms with E-state index in [-0.39, 0.29) is 6.42 Å². The van der Waals surface area contributed by atoms with Crippen molar-refractivity contribution in [1.29, 1.82) is 0 Å². The fraction of sp³-hybridized carbons (Fsp3) is 0.679. The smallest absolute Gasteiger partial charge is 0.342 e. The van der Waals surface area contributed by atoms with E-state index in [4.69, 9.17) is 28.4 Å². The Kier molecular flexibility index (Phi) is 7.42. The van der Waals surface area contributed by atoms with Crippen LogP contribution in [0.3, 0.4) is 0 Å². The van der Waals surface area contributed by atoms with Crippen molar-refractivity contribution >= 4 is 29.8 Å². The first kappa shape index (κ1) is 29.7. The van der Waals surface area contributed by atoms with Crippen LogP contribution in [0.15, 0.2) is 23.3 Å². The van der Waals surface area contributed by atoms with Crippen molar-refractivity contribution in [3.05, 3.63) is 23.3 Å². The summed E-state index contributed by atoms with van der Waals surface area (Å²) in [5.41, 5.74) is -3.48. The lowest BCUT2D eigenvalue weighted by Crippen LogP contribution is -2.66. The van der Waals surface area contributed by atoms with Gasteiger partial charge in [-0.3, -0.25) is 19.2 Å². The molecule has 2 aliphatic carbocycles. The average molecular weight is 565 g/mol. The number of rotatable bonds is 4. The molecule has 0 bridgehead atoms. The van der Waals surface area contributed by atoms with Gasteiger partial charge < -0.3 is 33.5 Å². The van der Waals surface area contributed by atoms with Gasteiger partial charge in [-0.25, -0.2) is 4.79 Å². The quantitative estimate of drug-likeness (QED) is 0.227. The maximum absolute atomic E-state index is 13.1. The second kappa shape index (κ2) is 9.99. The van der Waals surface area contributed by atoms with E-state index in [0.29, 0.717) is 11.1 Å². The molecule has 0 saturated carbocycles. The summed E-state index contributed by atoms with van der Waals surface area (Å²) in [5, 5.41) is 11.2. The van der Waals surface area contributed by atoms with Crippen LogP contribution in [0.1, 0.15) is 61.8 Å². The molecule has 0 aromatic heterocycles. The van der Waals surface area contributed by atoms with Crippen molar-refractivity contribution in [3.8, 4) is 0 Å². The van der Waals surface area contributed by atoms with Gasteiger partial charge >= 0.3 is 29.8 Å². The second-order valence-corrected chi connectivity index (χ2v) is 11.5. The van der Waals surface area contributed by atoms with E-state index in [9.17, 15) is 29.1 Å². The number of epoxide rings is 1. The molecule has 2 saturated heterocycles. The van der Waals surface area contributed by atoms with Gasteiger partial charge in [0.2, 0.25) is 0 Å². The first-order chi connectivity index (χ1) is 18.5. The minimum atomic E-state index is -1.59. The Balaban J connectivity index is 2.09. The Morgan fingerprint density at radius 3 is 1.90 bits per heavy atom. The summed E-state index contributed by atoms with van der Waals surface area (Å²) in [4.78, 5) is 62.9. The molecule has 12 heteroatoms. The largest absolute Gasteiger partial charge is 0.459 e. The van der Waals surface area contributed by atoms with E-state index >= 15 is 0 Å². The summed E-state index contributed by atoms with van der Waals surface area (Å²) < 4.78 is 35.1. The van der Waals surface area contributed by atoms with Crippen LogP contribution in [-0.2, 0) is 52.4 Å². The number of fused-ring (bicyclic) bond motifs is 1. The molecule has 0 aromatic carbocycles. The Bertz CT molecular complexity index is 1200. The number of hydrogen-bond acceptors (Lipinski definition) is 12. The highest BCUT2D eigenvalue weighted by Gasteiger charge is 2.87. The number of esters is 5. The molecule has 40 heavy (non-hydrogen) atoms. The molecule has 2 fully saturated rings. The minimum Gasteiger partial charge on any atom is -0.459 e. The van der Waals surface area contributed by atoms with Gasteiger partial charge in [0.1, 0.15) is 30.5 Å². The first-order valence-electron chi connectivity index (χ1n) is 13.1. The van der Waals surface area contributed by atoms with E-state index in [2.05, 4.69) is 0 Å². The minimum absolute atomic E-state index is 0.0323. The van der Waals surface area contributed by atoms with E-state index in [0.717, 1.165) is 6.92 Å². The fourth-order valence-corrected chi connectivity index (χ4v) is 7.01. The van der Waals surface area contributed by atoms with Gasteiger partial charge in [0.25, 0.3) is 0 Å². The van der Waals surface area contributed by atoms with Crippen LogP contribution >= 0.6 is 0 Å². The van der Waals surface area contributed by atoms with Crippen LogP contribution in [0, 0.1) is 11.3 Å². The molecular formula is C28H36O12. The van der Waals surface area contributed by atoms with Gasteiger partial charge in [0, 0.05) is 40.0 Å². The molecule has 1 spiro atoms. The van der Waals surface area contributed by atoms with Crippen molar-refractivity contribution in [2.45, 2.75) is 110 Å². The normalized spacial score (nSPS) is 43.2. The molecule has 2 aliphatic heterocycles. The number of hydrogen-bond donors (Lipinski definition) is 1. The zero-order chi connectivity index (χ0) is 29.9. The third-order valence-electron chi connectivity index (χ3n) is 8.47. The maximum atomic E-state index is 13.1. The molecule has 0 unspecified atom stereocenters. The summed E-state index contributed by atoms with van der Waals surface area (Å²) >= 11 is 0. The highest BCUT2D eigenvalue weighted by molar-refractivity contribution is 5.89. The molecule has 0 radical (unpaired) electrons. The topological polar surface area (TPSA) is 164 Å². The van der Waals surface area contributed by atoms with Crippen molar-refractivity contribution in [3.63, 3.8) is 0 Å². The Morgan fingerprint density at radius 2 is 1.38 bits per heavy atom. The van der Waals surface area contributed by atoms with Gasteiger partial charge in [-0.1, -0.05) is 24.1 Å². The number of carbonyl (C=O) groups is 5. The van der Waals surface area contributed by atoms with Crippen molar-refractivity contribution in [2.24, 2.45) is 11.3 Å². The summed E-state index contributed by atoms with van der Waals surface area (Å²) in [5.74, 6) is -4.46. The van der Waals surface area contributed by atoms with Gasteiger partial charge in [0.15, 0.2) is 17.3 Å². The third-order valence-corrected chi connectivity index (χ3v) is 8.47. The number of aliphatic hydroxyl groups excluding tert-OH is 1. The summed E-state index contributed by atoms with van der Waals surface area (Å²) in [7, 11) is 0. The molecule has 220 valence electrons. The van der Waals surface area contributed by atoms with E-state index in [1.165, 1.54) is 26.8 Å². The van der Waals surface area contributed by atoms with Crippen LogP contribution in [-0.4, -0.2) is 82.8 Å². The molecule has 4 aliphatic rings. The van der Waals surface area contributed by atoms with Crippen LogP contribution < -0.4 is 0 Å². The molecule has 12 nitrogen and oxygen atoms in total. The average Bonchev–Trinajstić information content (AvgIpc) is 3.39. The van der Waals surface area contributed by atoms with Crippen LogP contribution in [0.25, 0.3) is 0 Å². The first-order valence-corrected chi connectivity index (χ1v) is 13.1. The van der Waals surface area contributed by atoms with Crippen molar-refractivity contribution in [1.82, 2.24) is 0 Å². The molecule has 2 heterocycles. The number of aliphatic hydroxyl groups is 1. The predicted octanol–water partition coefficient (Wildman–Crippen LogP) is 1.46. The molecule has 4 rings (SSSR count). The Labute approximate surface area is 231 Å². The monoisotopic (exact) mass is 564 g/mol. The van der Waals surface area contributed by atoms with Gasteiger partial charge in [0.05, 0.1) is 5.41 Å². The van der Waals surface area contributed by atoms with Crippen LogP contribution in [0.4, 0.5) is 0 Å². The lowest BCUT2D eigenvalue weighted by atomic mass is 9.56. The van der Waals surface area contributed by atoms with Crippen LogP contribution in [0.2, 0.25) is 0 Å². The predicted molar refractivity (Wildman–Crippen MR) is 134 cm³/mol. The zero-order valence-corrected chi connectivity index (χ0v) is 23.8. The van der Waals surface area contributed by atoms with E-state index in [1.807, 2.05) is 0 Å². The SMILES string of the molecule is CC(=O)O[C@@H]1[C@H]2C(C)=C[C@@H](O)[C@H](OC(C)=O)[C@]2(C)[C@@H](OC(C)=O)[C@H](OC(C)=O)C/C(C)=C\[C@@H]2OC(=O)[C@]3(C)O[C@@]213. The molecular weight excluding hydrogens is 528 g/mol. The van der Waals surface area contributed by atoms with E-state index < -0.39 is 89.0 Å². The third kappa shape index (κ3) is 4.50. The Morgan fingerprint density at radius 1 is 0.850 bits per heavy atom. The van der Waals surface area contributed by atoms with Crippen molar-refractivity contribution < 1.29 is 57.5 Å².